The van der Waals surface area contributed by atoms with Crippen molar-refractivity contribution < 1.29 is 23.8 Å². The number of hydrogen-bond acceptors (Lipinski definition) is 5. The van der Waals surface area contributed by atoms with Gasteiger partial charge in [0.25, 0.3) is 0 Å². The number of amides is 1. The quantitative estimate of drug-likeness (QED) is 0.865. The van der Waals surface area contributed by atoms with Crippen LogP contribution in [0.3, 0.4) is 0 Å². The molecule has 1 unspecified atom stereocenters. The smallest absolute Gasteiger partial charge is 0.410 e. The van der Waals surface area contributed by atoms with Crippen LogP contribution in [0.2, 0.25) is 0 Å². The van der Waals surface area contributed by atoms with Gasteiger partial charge in [0.05, 0.1) is 6.54 Å². The Hall–Kier alpha value is -2.02. The first-order chi connectivity index (χ1) is 11.7. The molecule has 0 bridgehead atoms. The minimum Gasteiger partial charge on any atom is -0.478 e. The molecule has 1 atom stereocenters. The van der Waals surface area contributed by atoms with Gasteiger partial charge in [-0.1, -0.05) is 0 Å². The van der Waals surface area contributed by atoms with Crippen molar-refractivity contribution in [3.63, 3.8) is 0 Å². The molecule has 7 nitrogen and oxygen atoms in total. The van der Waals surface area contributed by atoms with Gasteiger partial charge in [0.15, 0.2) is 0 Å². The van der Waals surface area contributed by atoms with Crippen molar-refractivity contribution in [1.82, 2.24) is 10.2 Å². The van der Waals surface area contributed by atoms with Crippen molar-refractivity contribution in [1.29, 1.82) is 0 Å². The molecule has 1 aromatic heterocycles. The Labute approximate surface area is 148 Å². The van der Waals surface area contributed by atoms with Gasteiger partial charge >= 0.3 is 12.1 Å². The summed E-state index contributed by atoms with van der Waals surface area (Å²) in [4.78, 5) is 25.0. The molecule has 0 saturated carbocycles. The van der Waals surface area contributed by atoms with Crippen LogP contribution >= 0.6 is 0 Å². The zero-order valence-electron chi connectivity index (χ0n) is 15.4. The summed E-state index contributed by atoms with van der Waals surface area (Å²) in [6.07, 6.45) is 2.41. The van der Waals surface area contributed by atoms with Gasteiger partial charge in [0.1, 0.15) is 22.7 Å². The first-order valence-corrected chi connectivity index (χ1v) is 8.69. The number of nitrogens with zero attached hydrogens (tertiary/aromatic N) is 1. The predicted molar refractivity (Wildman–Crippen MR) is 92.7 cm³/mol. The molecule has 1 amide bonds. The highest BCUT2D eigenvalue weighted by atomic mass is 16.6. The second-order valence-corrected chi connectivity index (χ2v) is 7.46. The Morgan fingerprint density at radius 1 is 1.36 bits per heavy atom. The van der Waals surface area contributed by atoms with E-state index in [0.717, 1.165) is 19.3 Å². The van der Waals surface area contributed by atoms with Crippen LogP contribution in [0.25, 0.3) is 0 Å². The number of carboxylic acid groups (broad SMARTS) is 1. The highest BCUT2D eigenvalue weighted by molar-refractivity contribution is 5.88. The van der Waals surface area contributed by atoms with Crippen LogP contribution in [0.1, 0.15) is 61.9 Å². The summed E-state index contributed by atoms with van der Waals surface area (Å²) in [5, 5.41) is 12.5. The van der Waals surface area contributed by atoms with Crippen LogP contribution in [0.4, 0.5) is 4.79 Å². The van der Waals surface area contributed by atoms with Gasteiger partial charge in [0.2, 0.25) is 0 Å². The second-order valence-electron chi connectivity index (χ2n) is 7.46. The number of ether oxygens (including phenoxy) is 1. The lowest BCUT2D eigenvalue weighted by Gasteiger charge is -2.26. The molecule has 1 saturated heterocycles. The molecule has 1 aliphatic rings. The normalized spacial score (nSPS) is 18.7. The van der Waals surface area contributed by atoms with Crippen LogP contribution < -0.4 is 5.32 Å². The molecule has 2 N–H and O–H groups in total. The predicted octanol–water partition coefficient (Wildman–Crippen LogP) is 3.17. The molecule has 140 valence electrons. The van der Waals surface area contributed by atoms with E-state index in [1.807, 2.05) is 20.8 Å². The summed E-state index contributed by atoms with van der Waals surface area (Å²) in [5.74, 6) is 0.0550. The molecule has 1 aliphatic heterocycles. The van der Waals surface area contributed by atoms with Gasteiger partial charge in [0, 0.05) is 19.1 Å². The molecule has 1 fully saturated rings. The standard InChI is InChI=1S/C18H28N2O5/c1-12-15(16(21)22)10-14(24-12)11-19-13-6-5-8-20(9-7-13)17(23)25-18(2,3)4/h10,13,19H,5-9,11H2,1-4H3,(H,21,22). The zero-order valence-corrected chi connectivity index (χ0v) is 15.4. The van der Waals surface area contributed by atoms with E-state index in [1.165, 1.54) is 0 Å². The molecule has 0 aromatic carbocycles. The SMILES string of the molecule is Cc1oc(CNC2CCCN(C(=O)OC(C)(C)C)CC2)cc1C(=O)O. The van der Waals surface area contributed by atoms with Crippen LogP contribution in [0.15, 0.2) is 10.5 Å². The average molecular weight is 352 g/mol. The summed E-state index contributed by atoms with van der Waals surface area (Å²) in [6, 6.07) is 1.82. The van der Waals surface area contributed by atoms with Crippen molar-refractivity contribution in [3.05, 3.63) is 23.2 Å². The Kier molecular flexibility index (Phi) is 6.11. The molecule has 0 spiro atoms. The van der Waals surface area contributed by atoms with Gasteiger partial charge in [-0.15, -0.1) is 0 Å². The number of likely N-dealkylation sites (tertiary alicyclic amines) is 1. The molecular weight excluding hydrogens is 324 g/mol. The lowest BCUT2D eigenvalue weighted by molar-refractivity contribution is 0.0255. The minimum atomic E-state index is -0.977. The third-order valence-corrected chi connectivity index (χ3v) is 4.14. The Bertz CT molecular complexity index is 617. The largest absolute Gasteiger partial charge is 0.478 e. The minimum absolute atomic E-state index is 0.203. The summed E-state index contributed by atoms with van der Waals surface area (Å²) in [5.41, 5.74) is -0.284. The van der Waals surface area contributed by atoms with E-state index in [9.17, 15) is 9.59 Å². The van der Waals surface area contributed by atoms with Gasteiger partial charge in [-0.05, 0) is 53.0 Å². The number of carboxylic acids is 1. The van der Waals surface area contributed by atoms with Gasteiger partial charge in [-0.3, -0.25) is 0 Å². The molecule has 0 aliphatic carbocycles. The number of furan rings is 1. The fraction of sp³-hybridized carbons (Fsp3) is 0.667. The maximum Gasteiger partial charge on any atom is 0.410 e. The molecule has 2 heterocycles. The fourth-order valence-electron chi connectivity index (χ4n) is 2.90. The van der Waals surface area contributed by atoms with Crippen LogP contribution in [0, 0.1) is 6.92 Å². The molecule has 1 aromatic rings. The van der Waals surface area contributed by atoms with E-state index >= 15 is 0 Å². The topological polar surface area (TPSA) is 92.0 Å². The number of aromatic carboxylic acids is 1. The number of rotatable bonds is 4. The summed E-state index contributed by atoms with van der Waals surface area (Å²) in [7, 11) is 0. The van der Waals surface area contributed by atoms with Gasteiger partial charge < -0.3 is 24.5 Å². The van der Waals surface area contributed by atoms with Crippen molar-refractivity contribution in [2.75, 3.05) is 13.1 Å². The molecule has 0 radical (unpaired) electrons. The van der Waals surface area contributed by atoms with Crippen molar-refractivity contribution in [2.24, 2.45) is 0 Å². The van der Waals surface area contributed by atoms with Crippen molar-refractivity contribution in [2.45, 2.75) is 65.1 Å². The number of hydrogen-bond donors (Lipinski definition) is 2. The third-order valence-electron chi connectivity index (χ3n) is 4.14. The van der Waals surface area contributed by atoms with Crippen LogP contribution in [0.5, 0.6) is 0 Å². The molecular formula is C18H28N2O5. The zero-order chi connectivity index (χ0) is 18.6. The number of nitrogens with one attached hydrogen (secondary N) is 1. The van der Waals surface area contributed by atoms with Crippen molar-refractivity contribution >= 4 is 12.1 Å². The molecule has 7 heteroatoms. The Morgan fingerprint density at radius 3 is 2.68 bits per heavy atom. The molecule has 2 rings (SSSR count). The number of carbonyl (C=O) groups is 2. The first kappa shape index (κ1) is 19.3. The first-order valence-electron chi connectivity index (χ1n) is 8.69. The Morgan fingerprint density at radius 2 is 2.08 bits per heavy atom. The van der Waals surface area contributed by atoms with Gasteiger partial charge in [-0.25, -0.2) is 9.59 Å². The molecule has 25 heavy (non-hydrogen) atoms. The highest BCUT2D eigenvalue weighted by Crippen LogP contribution is 2.18. The summed E-state index contributed by atoms with van der Waals surface area (Å²) in [6.45, 7) is 9.06. The van der Waals surface area contributed by atoms with E-state index in [1.54, 1.807) is 17.9 Å². The fourth-order valence-corrected chi connectivity index (χ4v) is 2.90. The monoisotopic (exact) mass is 352 g/mol. The lowest BCUT2D eigenvalue weighted by Crippen LogP contribution is -2.38. The van der Waals surface area contributed by atoms with Gasteiger partial charge in [-0.2, -0.15) is 0 Å². The lowest BCUT2D eigenvalue weighted by atomic mass is 10.1. The third kappa shape index (κ3) is 5.77. The Balaban J connectivity index is 1.84. The number of carbonyl (C=O) groups excluding carboxylic acids is 1. The summed E-state index contributed by atoms with van der Waals surface area (Å²) >= 11 is 0. The van der Waals surface area contributed by atoms with Crippen LogP contribution in [-0.2, 0) is 11.3 Å². The summed E-state index contributed by atoms with van der Waals surface area (Å²) < 4.78 is 10.9. The van der Waals surface area contributed by atoms with E-state index in [-0.39, 0.29) is 17.7 Å². The average Bonchev–Trinajstić information content (AvgIpc) is 2.71. The maximum absolute atomic E-state index is 12.2. The highest BCUT2D eigenvalue weighted by Gasteiger charge is 2.25. The maximum atomic E-state index is 12.2. The van der Waals surface area contributed by atoms with E-state index < -0.39 is 11.6 Å². The number of aryl methyl sites for hydroxylation is 1. The second kappa shape index (κ2) is 7.91. The van der Waals surface area contributed by atoms with E-state index in [4.69, 9.17) is 14.3 Å². The van der Waals surface area contributed by atoms with Crippen LogP contribution in [-0.4, -0.2) is 46.8 Å². The van der Waals surface area contributed by atoms with E-state index in [0.29, 0.717) is 31.2 Å². The van der Waals surface area contributed by atoms with E-state index in [2.05, 4.69) is 5.32 Å². The van der Waals surface area contributed by atoms with Crippen molar-refractivity contribution in [3.8, 4) is 0 Å².